The molecule has 132 valence electrons. The van der Waals surface area contributed by atoms with E-state index in [4.69, 9.17) is 4.55 Å². The van der Waals surface area contributed by atoms with Gasteiger partial charge in [-0.3, -0.25) is 28.6 Å². The molecule has 0 saturated carbocycles. The van der Waals surface area contributed by atoms with Gasteiger partial charge in [0.15, 0.2) is 5.25 Å². The van der Waals surface area contributed by atoms with Crippen LogP contribution in [0, 0.1) is 0 Å². The Labute approximate surface area is 136 Å². The Balaban J connectivity index is 1.84. The first kappa shape index (κ1) is 18.0. The second kappa shape index (κ2) is 6.65. The van der Waals surface area contributed by atoms with Crippen LogP contribution in [0.5, 0.6) is 0 Å². The van der Waals surface area contributed by atoms with Gasteiger partial charge in [0.25, 0.3) is 21.9 Å². The van der Waals surface area contributed by atoms with Crippen molar-refractivity contribution >= 4 is 39.7 Å². The number of hydrogen-bond donors (Lipinski definition) is 1. The summed E-state index contributed by atoms with van der Waals surface area (Å²) >= 11 is 0. The number of carbonyl (C=O) groups is 5. The van der Waals surface area contributed by atoms with E-state index in [0.29, 0.717) is 0 Å². The molecule has 2 rings (SSSR count). The maximum absolute atomic E-state index is 11.7. The van der Waals surface area contributed by atoms with Crippen molar-refractivity contribution in [1.29, 1.82) is 0 Å². The van der Waals surface area contributed by atoms with E-state index in [1.807, 2.05) is 0 Å². The summed E-state index contributed by atoms with van der Waals surface area (Å²) in [6, 6.07) is 0. The summed E-state index contributed by atoms with van der Waals surface area (Å²) in [6.07, 6.45) is -0.811. The summed E-state index contributed by atoms with van der Waals surface area (Å²) in [5.74, 6) is -4.10. The average Bonchev–Trinajstić information content (AvgIpc) is 2.94. The molecular formula is C12H14N2O9S. The van der Waals surface area contributed by atoms with Gasteiger partial charge in [0.05, 0.1) is 6.42 Å². The Morgan fingerprint density at radius 1 is 1.12 bits per heavy atom. The van der Waals surface area contributed by atoms with Crippen LogP contribution in [0.2, 0.25) is 0 Å². The van der Waals surface area contributed by atoms with Gasteiger partial charge >= 0.3 is 5.97 Å². The summed E-state index contributed by atoms with van der Waals surface area (Å²) in [4.78, 5) is 63.0. The summed E-state index contributed by atoms with van der Waals surface area (Å²) in [5.41, 5.74) is 0. The molecule has 4 amide bonds. The van der Waals surface area contributed by atoms with Crippen LogP contribution in [0.25, 0.3) is 0 Å². The maximum Gasteiger partial charge on any atom is 0.333 e. The smallest absolute Gasteiger partial charge is 0.330 e. The van der Waals surface area contributed by atoms with E-state index in [2.05, 4.69) is 4.84 Å². The summed E-state index contributed by atoms with van der Waals surface area (Å²) in [6.45, 7) is 0.00229. The van der Waals surface area contributed by atoms with Crippen LogP contribution in [0.1, 0.15) is 32.1 Å². The zero-order chi connectivity index (χ0) is 18.1. The van der Waals surface area contributed by atoms with Gasteiger partial charge in [0.1, 0.15) is 0 Å². The third-order valence-electron chi connectivity index (χ3n) is 3.53. The minimum atomic E-state index is -4.78. The molecule has 12 heteroatoms. The fraction of sp³-hybridized carbons (Fsp3) is 0.583. The number of nitrogens with zero attached hydrogens (tertiary/aromatic N) is 2. The van der Waals surface area contributed by atoms with E-state index in [1.54, 1.807) is 0 Å². The highest BCUT2D eigenvalue weighted by atomic mass is 32.2. The molecule has 2 saturated heterocycles. The first-order valence-electron chi connectivity index (χ1n) is 6.98. The molecule has 0 aromatic heterocycles. The van der Waals surface area contributed by atoms with E-state index >= 15 is 0 Å². The zero-order valence-corrected chi connectivity index (χ0v) is 13.2. The number of likely N-dealkylation sites (tertiary alicyclic amines) is 1. The van der Waals surface area contributed by atoms with Crippen molar-refractivity contribution in [2.75, 3.05) is 6.54 Å². The molecule has 1 atom stereocenters. The Morgan fingerprint density at radius 2 is 1.71 bits per heavy atom. The van der Waals surface area contributed by atoms with Gasteiger partial charge in [0.2, 0.25) is 11.8 Å². The molecule has 0 aliphatic carbocycles. The average molecular weight is 362 g/mol. The lowest BCUT2D eigenvalue weighted by molar-refractivity contribution is -0.197. The number of imide groups is 2. The van der Waals surface area contributed by atoms with E-state index in [1.165, 1.54) is 0 Å². The Hall–Kier alpha value is -2.34. The minimum absolute atomic E-state index is 0.00229. The number of amides is 4. The Morgan fingerprint density at radius 3 is 2.21 bits per heavy atom. The van der Waals surface area contributed by atoms with Gasteiger partial charge in [-0.25, -0.2) is 4.79 Å². The van der Waals surface area contributed by atoms with Crippen LogP contribution >= 0.6 is 0 Å². The van der Waals surface area contributed by atoms with Crippen LogP contribution in [-0.4, -0.2) is 64.3 Å². The van der Waals surface area contributed by atoms with Crippen molar-refractivity contribution in [3.05, 3.63) is 0 Å². The molecule has 0 bridgehead atoms. The largest absolute Gasteiger partial charge is 0.333 e. The Kier molecular flexibility index (Phi) is 4.99. The predicted octanol–water partition coefficient (Wildman–Crippen LogP) is -1.61. The van der Waals surface area contributed by atoms with Crippen LogP contribution in [0.4, 0.5) is 0 Å². The Bertz CT molecular complexity index is 698. The van der Waals surface area contributed by atoms with Crippen molar-refractivity contribution in [1.82, 2.24) is 9.96 Å². The van der Waals surface area contributed by atoms with Gasteiger partial charge in [-0.1, -0.05) is 0 Å². The lowest BCUT2D eigenvalue weighted by Crippen LogP contribution is -2.37. The lowest BCUT2D eigenvalue weighted by atomic mass is 10.3. The third kappa shape index (κ3) is 3.76. The molecule has 2 heterocycles. The van der Waals surface area contributed by atoms with Gasteiger partial charge in [-0.15, -0.1) is 5.06 Å². The molecule has 11 nitrogen and oxygen atoms in total. The fourth-order valence-corrected chi connectivity index (χ4v) is 3.02. The standard InChI is InChI=1S/C12H14N2O9S/c15-8-3-4-9(16)13(8)5-1-2-11(18)23-14-10(17)6-7(12(14)19)24(20,21)22/h7H,1-6H2,(H,20,21,22). The van der Waals surface area contributed by atoms with Gasteiger partial charge in [0, 0.05) is 25.8 Å². The molecule has 0 aromatic rings. The second-order valence-corrected chi connectivity index (χ2v) is 6.84. The predicted molar refractivity (Wildman–Crippen MR) is 73.1 cm³/mol. The summed E-state index contributed by atoms with van der Waals surface area (Å²) < 4.78 is 30.7. The van der Waals surface area contributed by atoms with E-state index in [0.717, 1.165) is 4.90 Å². The maximum atomic E-state index is 11.7. The number of carbonyl (C=O) groups excluding carboxylic acids is 5. The molecule has 1 N–H and O–H groups in total. The zero-order valence-electron chi connectivity index (χ0n) is 12.3. The quantitative estimate of drug-likeness (QED) is 0.434. The highest BCUT2D eigenvalue weighted by Crippen LogP contribution is 2.20. The van der Waals surface area contributed by atoms with Crippen molar-refractivity contribution in [2.24, 2.45) is 0 Å². The van der Waals surface area contributed by atoms with Crippen LogP contribution < -0.4 is 0 Å². The highest BCUT2D eigenvalue weighted by Gasteiger charge is 2.48. The van der Waals surface area contributed by atoms with Gasteiger partial charge in [-0.2, -0.15) is 8.42 Å². The van der Waals surface area contributed by atoms with Crippen molar-refractivity contribution in [3.8, 4) is 0 Å². The molecule has 1 unspecified atom stereocenters. The summed E-state index contributed by atoms with van der Waals surface area (Å²) in [5, 5.41) is -1.98. The van der Waals surface area contributed by atoms with Crippen LogP contribution in [0.3, 0.4) is 0 Å². The molecule has 2 fully saturated rings. The molecule has 0 radical (unpaired) electrons. The molecule has 0 aromatic carbocycles. The minimum Gasteiger partial charge on any atom is -0.330 e. The first-order chi connectivity index (χ1) is 11.1. The van der Waals surface area contributed by atoms with Crippen LogP contribution in [-0.2, 0) is 38.9 Å². The normalized spacial score (nSPS) is 21.8. The van der Waals surface area contributed by atoms with Crippen molar-refractivity contribution in [2.45, 2.75) is 37.4 Å². The molecular weight excluding hydrogens is 348 g/mol. The molecule has 0 spiro atoms. The topological polar surface area (TPSA) is 155 Å². The second-order valence-electron chi connectivity index (χ2n) is 5.24. The monoisotopic (exact) mass is 362 g/mol. The van der Waals surface area contributed by atoms with Crippen LogP contribution in [0.15, 0.2) is 0 Å². The number of hydroxylamine groups is 2. The van der Waals surface area contributed by atoms with Crippen molar-refractivity contribution in [3.63, 3.8) is 0 Å². The first-order valence-corrected chi connectivity index (χ1v) is 8.48. The van der Waals surface area contributed by atoms with E-state index in [-0.39, 0.29) is 49.1 Å². The lowest BCUT2D eigenvalue weighted by Gasteiger charge is -2.15. The molecule has 2 aliphatic heterocycles. The van der Waals surface area contributed by atoms with Gasteiger partial charge < -0.3 is 4.84 Å². The SMILES string of the molecule is O=C(CCCN1C(=O)CCC1=O)ON1C(=O)CC(S(=O)(=O)O)C1=O. The number of hydrogen-bond acceptors (Lipinski definition) is 8. The summed E-state index contributed by atoms with van der Waals surface area (Å²) in [7, 11) is -4.78. The molecule has 2 aliphatic rings. The van der Waals surface area contributed by atoms with Crippen molar-refractivity contribution < 1.29 is 41.8 Å². The van der Waals surface area contributed by atoms with Gasteiger partial charge in [-0.05, 0) is 6.42 Å². The number of rotatable bonds is 6. The third-order valence-corrected chi connectivity index (χ3v) is 4.62. The van der Waals surface area contributed by atoms with E-state index < -0.39 is 39.6 Å². The molecule has 24 heavy (non-hydrogen) atoms. The van der Waals surface area contributed by atoms with E-state index in [9.17, 15) is 32.4 Å². The highest BCUT2D eigenvalue weighted by molar-refractivity contribution is 7.87. The fourth-order valence-electron chi connectivity index (χ4n) is 2.31.